The normalized spacial score (nSPS) is 12.6. The number of hydrogen-bond donors (Lipinski definition) is 2. The average molecular weight is 299 g/mol. The Hall–Kier alpha value is -0.650. The molecule has 0 aliphatic rings. The third-order valence-electron chi connectivity index (χ3n) is 3.54. The monoisotopic (exact) mass is 299 g/mol. The molecular weight excluding hydrogens is 270 g/mol. The molecule has 0 radical (unpaired) electrons. The summed E-state index contributed by atoms with van der Waals surface area (Å²) in [5.41, 5.74) is 0. The van der Waals surface area contributed by atoms with Crippen LogP contribution in [0.15, 0.2) is 6.20 Å². The van der Waals surface area contributed by atoms with Crippen molar-refractivity contribution in [3.05, 3.63) is 11.1 Å². The SMILES string of the molecule is CCCC(CCO)CNCc1cnc(N(CC)CC)s1. The predicted molar refractivity (Wildman–Crippen MR) is 87.5 cm³/mol. The molecule has 0 bridgehead atoms. The Bertz CT molecular complexity index is 347. The van der Waals surface area contributed by atoms with E-state index in [1.807, 2.05) is 6.20 Å². The zero-order valence-electron chi connectivity index (χ0n) is 13.1. The van der Waals surface area contributed by atoms with Crippen LogP contribution in [-0.4, -0.2) is 36.3 Å². The van der Waals surface area contributed by atoms with Crippen LogP contribution in [0.5, 0.6) is 0 Å². The van der Waals surface area contributed by atoms with Crippen molar-refractivity contribution in [1.29, 1.82) is 0 Å². The molecule has 0 aliphatic carbocycles. The summed E-state index contributed by atoms with van der Waals surface area (Å²) in [7, 11) is 0. The molecule has 1 aromatic rings. The topological polar surface area (TPSA) is 48.4 Å². The lowest BCUT2D eigenvalue weighted by atomic mass is 10.0. The van der Waals surface area contributed by atoms with Crippen molar-refractivity contribution in [3.8, 4) is 0 Å². The molecule has 1 aromatic heterocycles. The van der Waals surface area contributed by atoms with Crippen LogP contribution in [0.4, 0.5) is 5.13 Å². The molecule has 1 heterocycles. The third kappa shape index (κ3) is 5.77. The Morgan fingerprint density at radius 1 is 1.30 bits per heavy atom. The summed E-state index contributed by atoms with van der Waals surface area (Å²) < 4.78 is 0. The molecule has 0 spiro atoms. The lowest BCUT2D eigenvalue weighted by Crippen LogP contribution is -2.23. The summed E-state index contributed by atoms with van der Waals surface area (Å²) in [4.78, 5) is 8.05. The van der Waals surface area contributed by atoms with Gasteiger partial charge in [0.15, 0.2) is 5.13 Å². The standard InChI is InChI=1S/C15H29N3OS/c1-4-7-13(8-9-19)10-16-11-14-12-17-15(20-14)18(5-2)6-3/h12-13,16,19H,4-11H2,1-3H3. The van der Waals surface area contributed by atoms with Crippen molar-refractivity contribution in [3.63, 3.8) is 0 Å². The Balaban J connectivity index is 2.37. The number of anilines is 1. The van der Waals surface area contributed by atoms with E-state index >= 15 is 0 Å². The first kappa shape index (κ1) is 17.4. The van der Waals surface area contributed by atoms with E-state index in [0.29, 0.717) is 12.5 Å². The fourth-order valence-electron chi connectivity index (χ4n) is 2.36. The number of aliphatic hydroxyl groups excluding tert-OH is 1. The number of aromatic nitrogens is 1. The number of nitrogens with zero attached hydrogens (tertiary/aromatic N) is 2. The van der Waals surface area contributed by atoms with Gasteiger partial charge < -0.3 is 15.3 Å². The minimum absolute atomic E-state index is 0.291. The number of hydrogen-bond acceptors (Lipinski definition) is 5. The first-order chi connectivity index (χ1) is 9.74. The lowest BCUT2D eigenvalue weighted by Gasteiger charge is -2.16. The summed E-state index contributed by atoms with van der Waals surface area (Å²) >= 11 is 1.77. The Morgan fingerprint density at radius 3 is 2.65 bits per heavy atom. The van der Waals surface area contributed by atoms with Gasteiger partial charge in [0.25, 0.3) is 0 Å². The van der Waals surface area contributed by atoms with Gasteiger partial charge in [0.1, 0.15) is 0 Å². The van der Waals surface area contributed by atoms with Crippen LogP contribution in [0, 0.1) is 5.92 Å². The molecule has 0 saturated carbocycles. The maximum Gasteiger partial charge on any atom is 0.185 e. The van der Waals surface area contributed by atoms with Gasteiger partial charge in [-0.1, -0.05) is 13.3 Å². The molecule has 0 aliphatic heterocycles. The predicted octanol–water partition coefficient (Wildman–Crippen LogP) is 2.88. The van der Waals surface area contributed by atoms with Crippen molar-refractivity contribution in [2.75, 3.05) is 31.1 Å². The molecule has 1 unspecified atom stereocenters. The van der Waals surface area contributed by atoms with E-state index in [2.05, 4.69) is 36.0 Å². The number of nitrogens with one attached hydrogen (secondary N) is 1. The van der Waals surface area contributed by atoms with E-state index in [0.717, 1.165) is 37.7 Å². The van der Waals surface area contributed by atoms with Gasteiger partial charge in [-0.3, -0.25) is 0 Å². The molecule has 0 fully saturated rings. The number of thiazole rings is 1. The maximum atomic E-state index is 9.06. The van der Waals surface area contributed by atoms with Gasteiger partial charge in [-0.05, 0) is 39.2 Å². The highest BCUT2D eigenvalue weighted by atomic mass is 32.1. The third-order valence-corrected chi connectivity index (χ3v) is 4.60. The minimum Gasteiger partial charge on any atom is -0.396 e. The van der Waals surface area contributed by atoms with Crippen LogP contribution in [-0.2, 0) is 6.54 Å². The van der Waals surface area contributed by atoms with Crippen molar-refractivity contribution >= 4 is 16.5 Å². The molecule has 5 heteroatoms. The van der Waals surface area contributed by atoms with Gasteiger partial charge in [-0.25, -0.2) is 4.98 Å². The van der Waals surface area contributed by atoms with E-state index in [1.165, 1.54) is 17.7 Å². The molecule has 0 aromatic carbocycles. The summed E-state index contributed by atoms with van der Waals surface area (Å²) in [6.07, 6.45) is 5.24. The van der Waals surface area contributed by atoms with Crippen LogP contribution >= 0.6 is 11.3 Å². The molecule has 4 nitrogen and oxygen atoms in total. The second-order valence-corrected chi connectivity index (χ2v) is 6.17. The molecular formula is C15H29N3OS. The first-order valence-electron chi connectivity index (χ1n) is 7.76. The van der Waals surface area contributed by atoms with Crippen LogP contribution < -0.4 is 10.2 Å². The highest BCUT2D eigenvalue weighted by Crippen LogP contribution is 2.22. The summed E-state index contributed by atoms with van der Waals surface area (Å²) in [6.45, 7) is 10.7. The number of aliphatic hydroxyl groups is 1. The van der Waals surface area contributed by atoms with E-state index < -0.39 is 0 Å². The van der Waals surface area contributed by atoms with Crippen LogP contribution in [0.3, 0.4) is 0 Å². The maximum absolute atomic E-state index is 9.06. The lowest BCUT2D eigenvalue weighted by molar-refractivity contribution is 0.248. The summed E-state index contributed by atoms with van der Waals surface area (Å²) in [6, 6.07) is 0. The smallest absolute Gasteiger partial charge is 0.185 e. The second-order valence-electron chi connectivity index (χ2n) is 5.08. The van der Waals surface area contributed by atoms with Gasteiger partial charge in [0.2, 0.25) is 0 Å². The molecule has 2 N–H and O–H groups in total. The van der Waals surface area contributed by atoms with Gasteiger partial charge in [0.05, 0.1) is 0 Å². The zero-order chi connectivity index (χ0) is 14.8. The molecule has 116 valence electrons. The average Bonchev–Trinajstić information content (AvgIpc) is 2.89. The zero-order valence-corrected chi connectivity index (χ0v) is 13.9. The Kier molecular flexibility index (Phi) is 8.82. The van der Waals surface area contributed by atoms with E-state index in [9.17, 15) is 0 Å². The largest absolute Gasteiger partial charge is 0.396 e. The minimum atomic E-state index is 0.291. The summed E-state index contributed by atoms with van der Waals surface area (Å²) in [5, 5.41) is 13.7. The molecule has 1 rings (SSSR count). The van der Waals surface area contributed by atoms with Crippen LogP contribution in [0.1, 0.15) is 44.9 Å². The van der Waals surface area contributed by atoms with Crippen molar-refractivity contribution in [1.82, 2.24) is 10.3 Å². The quantitative estimate of drug-likeness (QED) is 0.659. The summed E-state index contributed by atoms with van der Waals surface area (Å²) in [5.74, 6) is 0.583. The highest BCUT2D eigenvalue weighted by molar-refractivity contribution is 7.15. The van der Waals surface area contributed by atoms with Gasteiger partial charge >= 0.3 is 0 Å². The van der Waals surface area contributed by atoms with Crippen LogP contribution in [0.25, 0.3) is 0 Å². The van der Waals surface area contributed by atoms with Crippen molar-refractivity contribution in [2.24, 2.45) is 5.92 Å². The molecule has 20 heavy (non-hydrogen) atoms. The second kappa shape index (κ2) is 10.1. The van der Waals surface area contributed by atoms with Crippen LogP contribution in [0.2, 0.25) is 0 Å². The molecule has 1 atom stereocenters. The van der Waals surface area contributed by atoms with Gasteiger partial charge in [-0.2, -0.15) is 0 Å². The van der Waals surface area contributed by atoms with E-state index in [1.54, 1.807) is 11.3 Å². The van der Waals surface area contributed by atoms with E-state index in [-0.39, 0.29) is 0 Å². The fraction of sp³-hybridized carbons (Fsp3) is 0.800. The van der Waals surface area contributed by atoms with E-state index in [4.69, 9.17) is 5.11 Å². The fourth-order valence-corrected chi connectivity index (χ4v) is 3.36. The van der Waals surface area contributed by atoms with Crippen molar-refractivity contribution < 1.29 is 5.11 Å². The first-order valence-corrected chi connectivity index (χ1v) is 8.57. The Morgan fingerprint density at radius 2 is 2.05 bits per heavy atom. The number of rotatable bonds is 11. The Labute approximate surface area is 127 Å². The van der Waals surface area contributed by atoms with Crippen molar-refractivity contribution in [2.45, 2.75) is 46.6 Å². The van der Waals surface area contributed by atoms with Gasteiger partial charge in [-0.15, -0.1) is 11.3 Å². The highest BCUT2D eigenvalue weighted by Gasteiger charge is 2.09. The molecule has 0 saturated heterocycles. The molecule has 0 amide bonds. The van der Waals surface area contributed by atoms with Gasteiger partial charge in [0, 0.05) is 37.3 Å².